The van der Waals surface area contributed by atoms with E-state index in [4.69, 9.17) is 0 Å². The van der Waals surface area contributed by atoms with Gasteiger partial charge in [-0.3, -0.25) is 14.9 Å². The zero-order valence-electron chi connectivity index (χ0n) is 12.4. The normalized spacial score (nSPS) is 16.5. The number of carbonyl (C=O) groups is 1. The van der Waals surface area contributed by atoms with Crippen molar-refractivity contribution in [3.63, 3.8) is 0 Å². The highest BCUT2D eigenvalue weighted by Gasteiger charge is 2.30. The van der Waals surface area contributed by atoms with Crippen LogP contribution in [0.2, 0.25) is 0 Å². The molecule has 120 valence electrons. The molecule has 1 aliphatic heterocycles. The van der Waals surface area contributed by atoms with Crippen LogP contribution in [0.25, 0.3) is 0 Å². The topological polar surface area (TPSA) is 101 Å². The van der Waals surface area contributed by atoms with Gasteiger partial charge >= 0.3 is 0 Å². The molecule has 0 aliphatic carbocycles. The van der Waals surface area contributed by atoms with E-state index in [1.165, 1.54) is 23.4 Å². The zero-order chi connectivity index (χ0) is 16.5. The van der Waals surface area contributed by atoms with E-state index in [-0.39, 0.29) is 29.6 Å². The first-order chi connectivity index (χ1) is 10.2. The third kappa shape index (κ3) is 3.09. The number of hydrogen-bond acceptors (Lipinski definition) is 5. The first-order valence-corrected chi connectivity index (χ1v) is 8.18. The summed E-state index contributed by atoms with van der Waals surface area (Å²) in [5, 5.41) is 10.9. The maximum Gasteiger partial charge on any atom is 0.273 e. The second kappa shape index (κ2) is 6.01. The summed E-state index contributed by atoms with van der Waals surface area (Å²) in [4.78, 5) is 23.1. The van der Waals surface area contributed by atoms with Gasteiger partial charge in [0, 0.05) is 44.7 Å². The lowest BCUT2D eigenvalue weighted by molar-refractivity contribution is -0.385. The van der Waals surface area contributed by atoms with Gasteiger partial charge in [0.15, 0.2) is 0 Å². The third-order valence-electron chi connectivity index (χ3n) is 3.70. The number of nitrogens with zero attached hydrogens (tertiary/aromatic N) is 3. The van der Waals surface area contributed by atoms with E-state index in [0.29, 0.717) is 18.7 Å². The summed E-state index contributed by atoms with van der Waals surface area (Å²) in [5.74, 6) is -0.0944. The van der Waals surface area contributed by atoms with Gasteiger partial charge in [0.2, 0.25) is 15.9 Å². The minimum absolute atomic E-state index is 0.0944. The third-order valence-corrected chi connectivity index (χ3v) is 5.59. The number of rotatable bonds is 3. The summed E-state index contributed by atoms with van der Waals surface area (Å²) in [7, 11) is -3.79. The van der Waals surface area contributed by atoms with Gasteiger partial charge in [-0.15, -0.1) is 0 Å². The van der Waals surface area contributed by atoms with Crippen molar-refractivity contribution in [1.29, 1.82) is 0 Å². The number of nitro benzene ring substituents is 1. The Balaban J connectivity index is 2.26. The maximum atomic E-state index is 12.5. The Morgan fingerprint density at radius 2 is 1.82 bits per heavy atom. The van der Waals surface area contributed by atoms with E-state index in [9.17, 15) is 23.3 Å². The van der Waals surface area contributed by atoms with Gasteiger partial charge in [-0.2, -0.15) is 4.31 Å². The molecule has 1 aliphatic rings. The number of aryl methyl sites for hydroxylation is 1. The molecule has 1 aromatic carbocycles. The van der Waals surface area contributed by atoms with Crippen molar-refractivity contribution in [2.75, 3.05) is 26.2 Å². The van der Waals surface area contributed by atoms with Crippen molar-refractivity contribution in [2.24, 2.45) is 0 Å². The molecule has 8 nitrogen and oxygen atoms in total. The molecule has 0 bridgehead atoms. The van der Waals surface area contributed by atoms with Crippen LogP contribution in [-0.4, -0.2) is 54.6 Å². The van der Waals surface area contributed by atoms with Gasteiger partial charge in [0.05, 0.1) is 9.82 Å². The predicted molar refractivity (Wildman–Crippen MR) is 78.8 cm³/mol. The number of nitro groups is 1. The summed E-state index contributed by atoms with van der Waals surface area (Å²) in [5.41, 5.74) is 0.189. The standard InChI is InChI=1S/C13H17N3O5S/c1-10-3-4-12(9-13(10)16(18)19)22(20,21)15-7-5-14(6-8-15)11(2)17/h3-4,9H,5-8H2,1-2H3. The molecule has 9 heteroatoms. The second-order valence-electron chi connectivity index (χ2n) is 5.12. The van der Waals surface area contributed by atoms with Crippen molar-refractivity contribution >= 4 is 21.6 Å². The minimum atomic E-state index is -3.79. The molecule has 0 radical (unpaired) electrons. The number of sulfonamides is 1. The van der Waals surface area contributed by atoms with Gasteiger partial charge < -0.3 is 4.90 Å². The van der Waals surface area contributed by atoms with E-state index in [1.807, 2.05) is 0 Å². The molecule has 0 spiro atoms. The van der Waals surface area contributed by atoms with Crippen LogP contribution in [0.5, 0.6) is 0 Å². The molecule has 2 rings (SSSR count). The van der Waals surface area contributed by atoms with E-state index in [2.05, 4.69) is 0 Å². The van der Waals surface area contributed by atoms with Gasteiger partial charge in [0.25, 0.3) is 5.69 Å². The molecule has 1 fully saturated rings. The number of piperazine rings is 1. The Hall–Kier alpha value is -2.00. The Labute approximate surface area is 128 Å². The van der Waals surface area contributed by atoms with Crippen LogP contribution in [0.4, 0.5) is 5.69 Å². The van der Waals surface area contributed by atoms with Crippen molar-refractivity contribution in [3.8, 4) is 0 Å². The van der Waals surface area contributed by atoms with Crippen LogP contribution >= 0.6 is 0 Å². The Bertz CT molecular complexity index is 708. The van der Waals surface area contributed by atoms with Crippen molar-refractivity contribution in [1.82, 2.24) is 9.21 Å². The van der Waals surface area contributed by atoms with Crippen molar-refractivity contribution < 1.29 is 18.1 Å². The highest BCUT2D eigenvalue weighted by molar-refractivity contribution is 7.89. The molecule has 0 atom stereocenters. The monoisotopic (exact) mass is 327 g/mol. The van der Waals surface area contributed by atoms with Crippen LogP contribution in [0.15, 0.2) is 23.1 Å². The van der Waals surface area contributed by atoms with Crippen molar-refractivity contribution in [2.45, 2.75) is 18.7 Å². The Morgan fingerprint density at radius 3 is 2.32 bits per heavy atom. The lowest BCUT2D eigenvalue weighted by Crippen LogP contribution is -2.49. The first kappa shape index (κ1) is 16.4. The van der Waals surface area contributed by atoms with E-state index in [0.717, 1.165) is 6.07 Å². The SMILES string of the molecule is CC(=O)N1CCN(S(=O)(=O)c2ccc(C)c([N+](=O)[O-])c2)CC1. The zero-order valence-corrected chi connectivity index (χ0v) is 13.2. The molecule has 1 aromatic rings. The van der Waals surface area contributed by atoms with Gasteiger partial charge in [-0.05, 0) is 13.0 Å². The molecular formula is C13H17N3O5S. The highest BCUT2D eigenvalue weighted by Crippen LogP contribution is 2.25. The summed E-state index contributed by atoms with van der Waals surface area (Å²) < 4.78 is 26.4. The van der Waals surface area contributed by atoms with E-state index >= 15 is 0 Å². The van der Waals surface area contributed by atoms with Crippen LogP contribution in [-0.2, 0) is 14.8 Å². The summed E-state index contributed by atoms with van der Waals surface area (Å²) in [6.45, 7) is 4.01. The molecular weight excluding hydrogens is 310 g/mol. The summed E-state index contributed by atoms with van der Waals surface area (Å²) >= 11 is 0. The Kier molecular flexibility index (Phi) is 4.47. The average Bonchev–Trinajstić information content (AvgIpc) is 2.47. The predicted octanol–water partition coefficient (Wildman–Crippen LogP) is 0.756. The smallest absolute Gasteiger partial charge is 0.273 e. The molecule has 0 N–H and O–H groups in total. The number of carbonyl (C=O) groups excluding carboxylic acids is 1. The van der Waals surface area contributed by atoms with E-state index < -0.39 is 14.9 Å². The summed E-state index contributed by atoms with van der Waals surface area (Å²) in [6.07, 6.45) is 0. The highest BCUT2D eigenvalue weighted by atomic mass is 32.2. The lowest BCUT2D eigenvalue weighted by atomic mass is 10.2. The van der Waals surface area contributed by atoms with Gasteiger partial charge in [-0.1, -0.05) is 6.07 Å². The van der Waals surface area contributed by atoms with Gasteiger partial charge in [0.1, 0.15) is 0 Å². The largest absolute Gasteiger partial charge is 0.340 e. The van der Waals surface area contributed by atoms with Crippen molar-refractivity contribution in [3.05, 3.63) is 33.9 Å². The van der Waals surface area contributed by atoms with Crippen LogP contribution in [0.3, 0.4) is 0 Å². The van der Waals surface area contributed by atoms with Crippen LogP contribution in [0, 0.1) is 17.0 Å². The minimum Gasteiger partial charge on any atom is -0.340 e. The van der Waals surface area contributed by atoms with E-state index in [1.54, 1.807) is 11.8 Å². The molecule has 0 saturated carbocycles. The molecule has 1 heterocycles. The maximum absolute atomic E-state index is 12.5. The van der Waals surface area contributed by atoms with Crippen LogP contribution in [0.1, 0.15) is 12.5 Å². The first-order valence-electron chi connectivity index (χ1n) is 6.74. The number of benzene rings is 1. The molecule has 1 saturated heterocycles. The fourth-order valence-electron chi connectivity index (χ4n) is 2.34. The summed E-state index contributed by atoms with van der Waals surface area (Å²) in [6, 6.07) is 3.88. The van der Waals surface area contributed by atoms with Gasteiger partial charge in [-0.25, -0.2) is 8.42 Å². The lowest BCUT2D eigenvalue weighted by Gasteiger charge is -2.33. The fraction of sp³-hybridized carbons (Fsp3) is 0.462. The molecule has 0 aromatic heterocycles. The molecule has 0 unspecified atom stereocenters. The Morgan fingerprint density at radius 1 is 1.23 bits per heavy atom. The quantitative estimate of drug-likeness (QED) is 0.602. The number of amides is 1. The number of hydrogen-bond donors (Lipinski definition) is 0. The van der Waals surface area contributed by atoms with Crippen LogP contribution < -0.4 is 0 Å². The fourth-order valence-corrected chi connectivity index (χ4v) is 3.78. The second-order valence-corrected chi connectivity index (χ2v) is 7.05. The molecule has 1 amide bonds. The average molecular weight is 327 g/mol. The molecule has 22 heavy (non-hydrogen) atoms.